The third-order valence-corrected chi connectivity index (χ3v) is 3.52. The van der Waals surface area contributed by atoms with Crippen molar-refractivity contribution in [2.24, 2.45) is 11.8 Å². The number of piperidine rings is 1. The maximum Gasteiger partial charge on any atom is 0.0270 e. The van der Waals surface area contributed by atoms with Crippen molar-refractivity contribution in [3.05, 3.63) is 0 Å². The highest BCUT2D eigenvalue weighted by molar-refractivity contribution is 7.81. The minimum Gasteiger partial charge on any atom is -0.316 e. The Bertz CT molecular complexity index is 158. The number of hydrogen-bond acceptors (Lipinski definition) is 3. The first-order chi connectivity index (χ1) is 5.20. The van der Waals surface area contributed by atoms with Crippen molar-refractivity contribution in [3.63, 3.8) is 0 Å². The second kappa shape index (κ2) is 2.64. The highest BCUT2D eigenvalue weighted by atomic mass is 32.1. The van der Waals surface area contributed by atoms with Crippen LogP contribution in [0.15, 0.2) is 0 Å². The third kappa shape index (κ3) is 1.30. The molecule has 11 heavy (non-hydrogen) atoms. The van der Waals surface area contributed by atoms with E-state index in [0.717, 1.165) is 24.9 Å². The van der Waals surface area contributed by atoms with Crippen LogP contribution in [0, 0.1) is 11.8 Å². The summed E-state index contributed by atoms with van der Waals surface area (Å²) >= 11 is 4.69. The van der Waals surface area contributed by atoms with Gasteiger partial charge in [0.1, 0.15) is 0 Å². The Kier molecular flexibility index (Phi) is 1.90. The molecule has 2 saturated heterocycles. The smallest absolute Gasteiger partial charge is 0.0270 e. The Hall–Kier alpha value is 0.270. The zero-order chi connectivity index (χ0) is 7.90. The monoisotopic (exact) mass is 172 g/mol. The summed E-state index contributed by atoms with van der Waals surface area (Å²) in [5, 5.41) is 6.86. The first kappa shape index (κ1) is 7.90. The number of thiol groups is 1. The number of hydrogen-bond donors (Lipinski definition) is 3. The molecular weight excluding hydrogens is 156 g/mol. The van der Waals surface area contributed by atoms with E-state index in [-0.39, 0.29) is 4.75 Å². The van der Waals surface area contributed by atoms with Crippen molar-refractivity contribution < 1.29 is 0 Å². The van der Waals surface area contributed by atoms with Gasteiger partial charge in [-0.15, -0.1) is 0 Å². The van der Waals surface area contributed by atoms with Crippen LogP contribution in [-0.2, 0) is 0 Å². The molecule has 3 unspecified atom stereocenters. The molecule has 0 aromatic rings. The molecule has 0 saturated carbocycles. The van der Waals surface area contributed by atoms with E-state index in [9.17, 15) is 0 Å². The summed E-state index contributed by atoms with van der Waals surface area (Å²) in [7, 11) is 0. The molecule has 0 aromatic carbocycles. The van der Waals surface area contributed by atoms with E-state index in [1.807, 2.05) is 0 Å². The highest BCUT2D eigenvalue weighted by Crippen LogP contribution is 2.35. The molecule has 0 spiro atoms. The van der Waals surface area contributed by atoms with Crippen molar-refractivity contribution in [3.8, 4) is 0 Å². The van der Waals surface area contributed by atoms with Crippen molar-refractivity contribution in [1.82, 2.24) is 10.6 Å². The van der Waals surface area contributed by atoms with Gasteiger partial charge in [-0.3, -0.25) is 0 Å². The van der Waals surface area contributed by atoms with Crippen LogP contribution < -0.4 is 10.6 Å². The normalized spacial score (nSPS) is 50.7. The Morgan fingerprint density at radius 2 is 2.00 bits per heavy atom. The summed E-state index contributed by atoms with van der Waals surface area (Å²) in [6.07, 6.45) is 0. The molecule has 0 radical (unpaired) electrons. The van der Waals surface area contributed by atoms with Gasteiger partial charge in [0.05, 0.1) is 0 Å². The summed E-state index contributed by atoms with van der Waals surface area (Å²) < 4.78 is 0.201. The first-order valence-electron chi connectivity index (χ1n) is 4.34. The van der Waals surface area contributed by atoms with Crippen LogP contribution in [0.2, 0.25) is 0 Å². The lowest BCUT2D eigenvalue weighted by Gasteiger charge is -2.39. The van der Waals surface area contributed by atoms with E-state index in [1.54, 1.807) is 0 Å². The van der Waals surface area contributed by atoms with Gasteiger partial charge in [0, 0.05) is 11.3 Å². The molecule has 64 valence electrons. The summed E-state index contributed by atoms with van der Waals surface area (Å²) in [6, 6.07) is 0. The predicted molar refractivity (Wildman–Crippen MR) is 50.1 cm³/mol. The number of fused-ring (bicyclic) bond motifs is 1. The fourth-order valence-electron chi connectivity index (χ4n) is 2.32. The van der Waals surface area contributed by atoms with E-state index in [0.29, 0.717) is 0 Å². The average Bonchev–Trinajstić information content (AvgIpc) is 2.34. The Morgan fingerprint density at radius 3 is 2.73 bits per heavy atom. The lowest BCUT2D eigenvalue weighted by atomic mass is 9.81. The molecule has 0 aromatic heterocycles. The number of nitrogens with one attached hydrogen (secondary N) is 2. The molecule has 2 heterocycles. The molecule has 2 rings (SSSR count). The molecule has 2 N–H and O–H groups in total. The van der Waals surface area contributed by atoms with Crippen LogP contribution in [0.4, 0.5) is 0 Å². The van der Waals surface area contributed by atoms with Crippen LogP contribution in [0.25, 0.3) is 0 Å². The maximum atomic E-state index is 4.69. The van der Waals surface area contributed by atoms with E-state index >= 15 is 0 Å². The molecule has 0 bridgehead atoms. The Morgan fingerprint density at radius 1 is 1.27 bits per heavy atom. The quantitative estimate of drug-likeness (QED) is 0.452. The second-order valence-corrected chi connectivity index (χ2v) is 5.03. The van der Waals surface area contributed by atoms with Gasteiger partial charge in [-0.2, -0.15) is 12.6 Å². The van der Waals surface area contributed by atoms with Gasteiger partial charge in [0.15, 0.2) is 0 Å². The zero-order valence-electron chi connectivity index (χ0n) is 6.93. The fraction of sp³-hybridized carbons (Fsp3) is 1.00. The Balaban J connectivity index is 2.13. The highest BCUT2D eigenvalue weighted by Gasteiger charge is 2.42. The molecule has 0 amide bonds. The minimum absolute atomic E-state index is 0.201. The maximum absolute atomic E-state index is 4.69. The lowest BCUT2D eigenvalue weighted by Crippen LogP contribution is -2.51. The van der Waals surface area contributed by atoms with Crippen LogP contribution in [-0.4, -0.2) is 30.9 Å². The van der Waals surface area contributed by atoms with Crippen LogP contribution in [0.3, 0.4) is 0 Å². The van der Waals surface area contributed by atoms with Gasteiger partial charge in [0.2, 0.25) is 0 Å². The molecule has 3 atom stereocenters. The van der Waals surface area contributed by atoms with Gasteiger partial charge in [-0.05, 0) is 38.4 Å². The molecule has 2 aliphatic heterocycles. The average molecular weight is 172 g/mol. The first-order valence-corrected chi connectivity index (χ1v) is 4.79. The minimum atomic E-state index is 0.201. The molecule has 3 heteroatoms. The largest absolute Gasteiger partial charge is 0.316 e. The van der Waals surface area contributed by atoms with Crippen LogP contribution in [0.5, 0.6) is 0 Å². The zero-order valence-corrected chi connectivity index (χ0v) is 7.82. The van der Waals surface area contributed by atoms with Crippen LogP contribution in [0.1, 0.15) is 6.92 Å². The SMILES string of the molecule is CC1(S)CNCC2CNCC21. The van der Waals surface area contributed by atoms with E-state index in [4.69, 9.17) is 0 Å². The van der Waals surface area contributed by atoms with Gasteiger partial charge in [0.25, 0.3) is 0 Å². The van der Waals surface area contributed by atoms with E-state index in [2.05, 4.69) is 30.2 Å². The van der Waals surface area contributed by atoms with Crippen molar-refractivity contribution >= 4 is 12.6 Å². The number of rotatable bonds is 0. The third-order valence-electron chi connectivity index (χ3n) is 3.03. The van der Waals surface area contributed by atoms with Crippen LogP contribution >= 0.6 is 12.6 Å². The summed E-state index contributed by atoms with van der Waals surface area (Å²) in [6.45, 7) is 6.81. The summed E-state index contributed by atoms with van der Waals surface area (Å²) in [5.41, 5.74) is 0. The molecule has 0 aliphatic carbocycles. The lowest BCUT2D eigenvalue weighted by molar-refractivity contribution is 0.264. The molecule has 2 nitrogen and oxygen atoms in total. The molecule has 2 aliphatic rings. The summed E-state index contributed by atoms with van der Waals surface area (Å²) in [4.78, 5) is 0. The van der Waals surface area contributed by atoms with Gasteiger partial charge in [-0.25, -0.2) is 0 Å². The van der Waals surface area contributed by atoms with E-state index in [1.165, 1.54) is 13.1 Å². The summed E-state index contributed by atoms with van der Waals surface area (Å²) in [5.74, 6) is 1.58. The molecule has 2 fully saturated rings. The molecular formula is C8H16N2S. The van der Waals surface area contributed by atoms with E-state index < -0.39 is 0 Å². The van der Waals surface area contributed by atoms with Crippen molar-refractivity contribution in [1.29, 1.82) is 0 Å². The van der Waals surface area contributed by atoms with Crippen molar-refractivity contribution in [2.75, 3.05) is 26.2 Å². The topological polar surface area (TPSA) is 24.1 Å². The standard InChI is InChI=1S/C8H16N2S/c1-8(11)5-10-3-6-2-9-4-7(6)8/h6-7,9-11H,2-5H2,1H3. The van der Waals surface area contributed by atoms with Gasteiger partial charge in [-0.1, -0.05) is 0 Å². The van der Waals surface area contributed by atoms with Gasteiger partial charge < -0.3 is 10.6 Å². The van der Waals surface area contributed by atoms with Gasteiger partial charge >= 0.3 is 0 Å². The van der Waals surface area contributed by atoms with Crippen molar-refractivity contribution in [2.45, 2.75) is 11.7 Å². The Labute approximate surface area is 73.5 Å². The predicted octanol–water partition coefficient (Wildman–Crippen LogP) is 0.114. The fourth-order valence-corrected chi connectivity index (χ4v) is 2.73. The second-order valence-electron chi connectivity index (χ2n) is 4.01.